The van der Waals surface area contributed by atoms with E-state index in [1.165, 1.54) is 0 Å². The average molecular weight is 250 g/mol. The molecule has 2 heterocycles. The highest BCUT2D eigenvalue weighted by Crippen LogP contribution is 2.24. The van der Waals surface area contributed by atoms with Crippen molar-refractivity contribution in [3.63, 3.8) is 0 Å². The molecule has 0 radical (unpaired) electrons. The molecule has 0 bridgehead atoms. The molecule has 7 heteroatoms. The second-order valence-corrected chi connectivity index (χ2v) is 4.73. The van der Waals surface area contributed by atoms with Crippen molar-refractivity contribution in [1.29, 1.82) is 0 Å². The number of nitrogens with zero attached hydrogens (tertiary/aromatic N) is 5. The van der Waals surface area contributed by atoms with Crippen LogP contribution in [-0.4, -0.2) is 24.7 Å². The van der Waals surface area contributed by atoms with Crippen molar-refractivity contribution in [2.24, 2.45) is 0 Å². The van der Waals surface area contributed by atoms with E-state index in [4.69, 9.17) is 5.73 Å². The van der Waals surface area contributed by atoms with Crippen LogP contribution in [0.3, 0.4) is 0 Å². The van der Waals surface area contributed by atoms with E-state index < -0.39 is 0 Å². The van der Waals surface area contributed by atoms with Crippen molar-refractivity contribution in [1.82, 2.24) is 24.7 Å². The molecule has 0 saturated carbocycles. The van der Waals surface area contributed by atoms with Crippen molar-refractivity contribution in [2.45, 2.75) is 30.8 Å². The van der Waals surface area contributed by atoms with Crippen molar-refractivity contribution in [3.05, 3.63) is 24.3 Å². The van der Waals surface area contributed by atoms with Gasteiger partial charge in [-0.05, 0) is 13.8 Å². The zero-order valence-electron chi connectivity index (χ0n) is 9.74. The molecular formula is C10H14N6S. The van der Waals surface area contributed by atoms with Crippen LogP contribution in [0.2, 0.25) is 0 Å². The minimum atomic E-state index is 0.245. The zero-order chi connectivity index (χ0) is 12.3. The predicted molar refractivity (Wildman–Crippen MR) is 66.4 cm³/mol. The summed E-state index contributed by atoms with van der Waals surface area (Å²) in [6.07, 6.45) is 5.08. The Labute approximate surface area is 104 Å². The van der Waals surface area contributed by atoms with Crippen LogP contribution in [0, 0.1) is 0 Å². The monoisotopic (exact) mass is 250 g/mol. The molecular weight excluding hydrogens is 236 g/mol. The third kappa shape index (κ3) is 2.73. The van der Waals surface area contributed by atoms with Crippen molar-refractivity contribution >= 4 is 17.7 Å². The van der Waals surface area contributed by atoms with Gasteiger partial charge in [-0.15, -0.1) is 10.2 Å². The van der Waals surface area contributed by atoms with Gasteiger partial charge >= 0.3 is 0 Å². The second kappa shape index (κ2) is 5.13. The SMILES string of the molecule is CC(C)n1c(N)nnc1SCc1cnccn1. The number of rotatable bonds is 4. The van der Waals surface area contributed by atoms with Crippen LogP contribution < -0.4 is 5.73 Å². The van der Waals surface area contributed by atoms with Crippen LogP contribution in [-0.2, 0) is 5.75 Å². The molecule has 2 aromatic rings. The summed E-state index contributed by atoms with van der Waals surface area (Å²) in [5.74, 6) is 1.15. The first kappa shape index (κ1) is 11.8. The number of nitrogens with two attached hydrogens (primary N) is 1. The Morgan fingerprint density at radius 1 is 1.35 bits per heavy atom. The molecule has 0 aliphatic heterocycles. The van der Waals surface area contributed by atoms with E-state index in [0.29, 0.717) is 11.7 Å². The van der Waals surface area contributed by atoms with Gasteiger partial charge in [0, 0.05) is 30.4 Å². The van der Waals surface area contributed by atoms with Gasteiger partial charge in [-0.25, -0.2) is 0 Å². The fraction of sp³-hybridized carbons (Fsp3) is 0.400. The summed E-state index contributed by atoms with van der Waals surface area (Å²) in [7, 11) is 0. The summed E-state index contributed by atoms with van der Waals surface area (Å²) in [5.41, 5.74) is 6.67. The summed E-state index contributed by atoms with van der Waals surface area (Å²) in [6.45, 7) is 4.10. The number of hydrogen-bond acceptors (Lipinski definition) is 6. The number of hydrogen-bond donors (Lipinski definition) is 1. The molecule has 2 rings (SSSR count). The molecule has 0 aliphatic rings. The summed E-state index contributed by atoms with van der Waals surface area (Å²) >= 11 is 1.56. The number of anilines is 1. The highest BCUT2D eigenvalue weighted by Gasteiger charge is 2.12. The Kier molecular flexibility index (Phi) is 3.58. The predicted octanol–water partition coefficient (Wildman–Crippen LogP) is 1.52. The van der Waals surface area contributed by atoms with E-state index in [-0.39, 0.29) is 6.04 Å². The molecule has 0 saturated heterocycles. The summed E-state index contributed by atoms with van der Waals surface area (Å²) in [4.78, 5) is 8.22. The third-order valence-corrected chi connectivity index (χ3v) is 3.15. The van der Waals surface area contributed by atoms with E-state index in [9.17, 15) is 0 Å². The summed E-state index contributed by atoms with van der Waals surface area (Å²) < 4.78 is 1.90. The van der Waals surface area contributed by atoms with Crippen LogP contribution in [0.5, 0.6) is 0 Å². The first-order chi connectivity index (χ1) is 8.18. The Morgan fingerprint density at radius 2 is 2.18 bits per heavy atom. The van der Waals surface area contributed by atoms with E-state index in [0.717, 1.165) is 10.9 Å². The molecule has 0 aliphatic carbocycles. The highest BCUT2D eigenvalue weighted by molar-refractivity contribution is 7.98. The normalized spacial score (nSPS) is 11.0. The Balaban J connectivity index is 2.09. The Hall–Kier alpha value is -1.63. The number of thioether (sulfide) groups is 1. The van der Waals surface area contributed by atoms with E-state index in [2.05, 4.69) is 20.2 Å². The van der Waals surface area contributed by atoms with Crippen LogP contribution in [0.15, 0.2) is 23.7 Å². The summed E-state index contributed by atoms with van der Waals surface area (Å²) in [6, 6.07) is 0.245. The lowest BCUT2D eigenvalue weighted by Crippen LogP contribution is -2.07. The quantitative estimate of drug-likeness (QED) is 0.828. The minimum absolute atomic E-state index is 0.245. The first-order valence-electron chi connectivity index (χ1n) is 5.26. The molecule has 0 atom stereocenters. The topological polar surface area (TPSA) is 82.5 Å². The fourth-order valence-electron chi connectivity index (χ4n) is 1.42. The molecule has 0 aromatic carbocycles. The van der Waals surface area contributed by atoms with E-state index in [1.807, 2.05) is 18.4 Å². The maximum atomic E-state index is 5.76. The zero-order valence-corrected chi connectivity index (χ0v) is 10.6. The Morgan fingerprint density at radius 3 is 2.82 bits per heavy atom. The third-order valence-electron chi connectivity index (χ3n) is 2.17. The van der Waals surface area contributed by atoms with Gasteiger partial charge in [-0.2, -0.15) is 0 Å². The van der Waals surface area contributed by atoms with Crippen LogP contribution in [0.25, 0.3) is 0 Å². The highest BCUT2D eigenvalue weighted by atomic mass is 32.2. The van der Waals surface area contributed by atoms with Gasteiger partial charge < -0.3 is 5.73 Å². The summed E-state index contributed by atoms with van der Waals surface area (Å²) in [5, 5.41) is 8.75. The van der Waals surface area contributed by atoms with Gasteiger partial charge in [0.2, 0.25) is 5.95 Å². The van der Waals surface area contributed by atoms with Gasteiger partial charge in [0.1, 0.15) is 0 Å². The number of aromatic nitrogens is 5. The standard InChI is InChI=1S/C10H14N6S/c1-7(2)16-9(11)14-15-10(16)17-6-8-5-12-3-4-13-8/h3-5,7H,6H2,1-2H3,(H2,11,14). The van der Waals surface area contributed by atoms with Gasteiger partial charge in [0.15, 0.2) is 5.16 Å². The maximum absolute atomic E-state index is 5.76. The molecule has 6 nitrogen and oxygen atoms in total. The Bertz CT molecular complexity index is 481. The van der Waals surface area contributed by atoms with Crippen molar-refractivity contribution in [3.8, 4) is 0 Å². The van der Waals surface area contributed by atoms with Crippen molar-refractivity contribution in [2.75, 3.05) is 5.73 Å². The molecule has 2 aromatic heterocycles. The van der Waals surface area contributed by atoms with E-state index in [1.54, 1.807) is 30.4 Å². The fourth-order valence-corrected chi connectivity index (χ4v) is 2.38. The molecule has 0 amide bonds. The maximum Gasteiger partial charge on any atom is 0.222 e. The molecule has 0 spiro atoms. The molecule has 0 fully saturated rings. The van der Waals surface area contributed by atoms with Gasteiger partial charge in [-0.1, -0.05) is 11.8 Å². The van der Waals surface area contributed by atoms with Gasteiger partial charge in [-0.3, -0.25) is 14.5 Å². The lowest BCUT2D eigenvalue weighted by molar-refractivity contribution is 0.557. The minimum Gasteiger partial charge on any atom is -0.368 e. The lowest BCUT2D eigenvalue weighted by atomic mass is 10.4. The largest absolute Gasteiger partial charge is 0.368 e. The number of nitrogen functional groups attached to an aromatic ring is 1. The second-order valence-electron chi connectivity index (χ2n) is 3.79. The van der Waals surface area contributed by atoms with Crippen molar-refractivity contribution < 1.29 is 0 Å². The molecule has 90 valence electrons. The average Bonchev–Trinajstić information content (AvgIpc) is 2.69. The van der Waals surface area contributed by atoms with Crippen LogP contribution in [0.1, 0.15) is 25.6 Å². The first-order valence-corrected chi connectivity index (χ1v) is 6.25. The van der Waals surface area contributed by atoms with E-state index >= 15 is 0 Å². The smallest absolute Gasteiger partial charge is 0.222 e. The van der Waals surface area contributed by atoms with Gasteiger partial charge in [0.25, 0.3) is 0 Å². The van der Waals surface area contributed by atoms with Gasteiger partial charge in [0.05, 0.1) is 5.69 Å². The van der Waals surface area contributed by atoms with Crippen LogP contribution in [0.4, 0.5) is 5.95 Å². The molecule has 2 N–H and O–H groups in total. The molecule has 0 unspecified atom stereocenters. The lowest BCUT2D eigenvalue weighted by Gasteiger charge is -2.10. The van der Waals surface area contributed by atoms with Crippen LogP contribution >= 0.6 is 11.8 Å². The molecule has 17 heavy (non-hydrogen) atoms.